The zero-order valence-corrected chi connectivity index (χ0v) is 23.4. The highest BCUT2D eigenvalue weighted by atomic mass is 127. The maximum absolute atomic E-state index is 12.6. The molecule has 1 aromatic rings. The number of carbonyl (C=O) groups is 1. The third kappa shape index (κ3) is 14.3. The van der Waals surface area contributed by atoms with Gasteiger partial charge in [0.1, 0.15) is 12.1 Å². The van der Waals surface area contributed by atoms with Crippen LogP contribution in [0.4, 0.5) is 0 Å². The zero-order valence-electron chi connectivity index (χ0n) is 21.2. The molecule has 0 unspecified atom stereocenters. The SMILES string of the molecule is CCCCCCCCCCCCCCCCCC[n+]1cccc(C(=O)N2CCOCC2)c1.[I-]. The number of pyridine rings is 1. The van der Waals surface area contributed by atoms with E-state index in [2.05, 4.69) is 17.7 Å². The van der Waals surface area contributed by atoms with Gasteiger partial charge in [-0.25, -0.2) is 4.57 Å². The molecule has 33 heavy (non-hydrogen) atoms. The largest absolute Gasteiger partial charge is 1.00 e. The van der Waals surface area contributed by atoms with Crippen molar-refractivity contribution in [3.8, 4) is 0 Å². The van der Waals surface area contributed by atoms with Crippen molar-refractivity contribution in [2.24, 2.45) is 0 Å². The van der Waals surface area contributed by atoms with Crippen LogP contribution in [-0.2, 0) is 11.3 Å². The van der Waals surface area contributed by atoms with Crippen LogP contribution in [-0.4, -0.2) is 37.1 Å². The van der Waals surface area contributed by atoms with Crippen LogP contribution < -0.4 is 28.5 Å². The molecule has 1 amide bonds. The summed E-state index contributed by atoms with van der Waals surface area (Å²) >= 11 is 0. The van der Waals surface area contributed by atoms with Crippen molar-refractivity contribution in [3.05, 3.63) is 30.1 Å². The van der Waals surface area contributed by atoms with Gasteiger partial charge in [-0.15, -0.1) is 0 Å². The van der Waals surface area contributed by atoms with Gasteiger partial charge in [0.15, 0.2) is 12.4 Å². The average molecular weight is 573 g/mol. The van der Waals surface area contributed by atoms with E-state index in [-0.39, 0.29) is 29.9 Å². The summed E-state index contributed by atoms with van der Waals surface area (Å²) in [4.78, 5) is 14.5. The summed E-state index contributed by atoms with van der Waals surface area (Å²) in [6.45, 7) is 5.99. The molecule has 2 rings (SSSR count). The zero-order chi connectivity index (χ0) is 22.7. The van der Waals surface area contributed by atoms with E-state index in [0.29, 0.717) is 26.3 Å². The Labute approximate surface area is 220 Å². The lowest BCUT2D eigenvalue weighted by atomic mass is 10.0. The molecule has 1 aliphatic rings. The van der Waals surface area contributed by atoms with Crippen LogP contribution in [0.15, 0.2) is 24.5 Å². The van der Waals surface area contributed by atoms with Crippen molar-refractivity contribution in [2.75, 3.05) is 26.3 Å². The predicted molar refractivity (Wildman–Crippen MR) is 133 cm³/mol. The van der Waals surface area contributed by atoms with Crippen LogP contribution in [0, 0.1) is 0 Å². The average Bonchev–Trinajstić information content (AvgIpc) is 2.84. The molecule has 5 heteroatoms. The summed E-state index contributed by atoms with van der Waals surface area (Å²) < 4.78 is 7.53. The summed E-state index contributed by atoms with van der Waals surface area (Å²) in [5.74, 6) is 0.134. The van der Waals surface area contributed by atoms with Crippen molar-refractivity contribution in [1.29, 1.82) is 0 Å². The molecule has 0 N–H and O–H groups in total. The van der Waals surface area contributed by atoms with E-state index < -0.39 is 0 Å². The highest BCUT2D eigenvalue weighted by Gasteiger charge is 2.20. The van der Waals surface area contributed by atoms with Gasteiger partial charge in [0.2, 0.25) is 0 Å². The smallest absolute Gasteiger partial charge is 0.260 e. The lowest BCUT2D eigenvalue weighted by molar-refractivity contribution is -0.697. The molecule has 1 aromatic heterocycles. The molecule has 1 saturated heterocycles. The number of amides is 1. The summed E-state index contributed by atoms with van der Waals surface area (Å²) in [7, 11) is 0. The molecule has 0 saturated carbocycles. The molecule has 0 spiro atoms. The van der Waals surface area contributed by atoms with Crippen LogP contribution in [0.2, 0.25) is 0 Å². The van der Waals surface area contributed by atoms with Crippen LogP contribution in [0.3, 0.4) is 0 Å². The van der Waals surface area contributed by atoms with Gasteiger partial charge in [0.05, 0.1) is 13.2 Å². The number of rotatable bonds is 18. The lowest BCUT2D eigenvalue weighted by Crippen LogP contribution is -3.00. The summed E-state index contributed by atoms with van der Waals surface area (Å²) in [6, 6.07) is 3.93. The molecule has 190 valence electrons. The van der Waals surface area contributed by atoms with Gasteiger partial charge in [-0.3, -0.25) is 4.79 Å². The van der Waals surface area contributed by atoms with Gasteiger partial charge in [0.25, 0.3) is 5.91 Å². The van der Waals surface area contributed by atoms with Crippen molar-refractivity contribution < 1.29 is 38.1 Å². The number of hydrogen-bond donors (Lipinski definition) is 0. The topological polar surface area (TPSA) is 33.4 Å². The number of aromatic nitrogens is 1. The van der Waals surface area contributed by atoms with E-state index in [1.54, 1.807) is 0 Å². The number of carbonyl (C=O) groups excluding carboxylic acids is 1. The third-order valence-electron chi connectivity index (χ3n) is 6.67. The molecule has 0 radical (unpaired) electrons. The minimum absolute atomic E-state index is 0. The first-order chi connectivity index (χ1) is 15.8. The molecule has 1 aliphatic heterocycles. The number of nitrogens with zero attached hydrogens (tertiary/aromatic N) is 2. The molecule has 2 heterocycles. The summed E-state index contributed by atoms with van der Waals surface area (Å²) in [6.07, 6.45) is 26.4. The lowest BCUT2D eigenvalue weighted by Gasteiger charge is -2.26. The van der Waals surface area contributed by atoms with Gasteiger partial charge in [0, 0.05) is 25.6 Å². The molecular weight excluding hydrogens is 523 g/mol. The van der Waals surface area contributed by atoms with E-state index in [0.717, 1.165) is 12.1 Å². The fourth-order valence-corrected chi connectivity index (χ4v) is 4.58. The van der Waals surface area contributed by atoms with Crippen molar-refractivity contribution in [3.63, 3.8) is 0 Å². The number of aryl methyl sites for hydroxylation is 1. The molecule has 0 aromatic carbocycles. The Morgan fingerprint density at radius 3 is 1.82 bits per heavy atom. The van der Waals surface area contributed by atoms with Crippen LogP contribution in [0.5, 0.6) is 0 Å². The second-order valence-corrected chi connectivity index (χ2v) is 9.54. The molecule has 0 atom stereocenters. The molecule has 1 fully saturated rings. The molecule has 4 nitrogen and oxygen atoms in total. The standard InChI is InChI=1S/C28H49N2O2.HI/c1-2-3-4-5-6-7-8-9-10-11-12-13-14-15-16-17-20-29-21-18-19-27(26-29)28(31)30-22-24-32-25-23-30;/h18-19,21,26H,2-17,20,22-25H2,1H3;1H/q+1;/p-1. The first kappa shape index (κ1) is 30.3. The number of hydrogen-bond acceptors (Lipinski definition) is 2. The summed E-state index contributed by atoms with van der Waals surface area (Å²) in [5.41, 5.74) is 0.797. The highest BCUT2D eigenvalue weighted by molar-refractivity contribution is 5.93. The Bertz CT molecular complexity index is 605. The van der Waals surface area contributed by atoms with Crippen LogP contribution in [0.25, 0.3) is 0 Å². The number of halogens is 1. The Balaban J connectivity index is 0.00000544. The second-order valence-electron chi connectivity index (χ2n) is 9.54. The fourth-order valence-electron chi connectivity index (χ4n) is 4.58. The van der Waals surface area contributed by atoms with E-state index in [1.807, 2.05) is 23.2 Å². The quantitative estimate of drug-likeness (QED) is 0.153. The van der Waals surface area contributed by atoms with Gasteiger partial charge >= 0.3 is 0 Å². The van der Waals surface area contributed by atoms with Gasteiger partial charge in [-0.1, -0.05) is 96.8 Å². The van der Waals surface area contributed by atoms with E-state index >= 15 is 0 Å². The number of unbranched alkanes of at least 4 members (excludes halogenated alkanes) is 15. The van der Waals surface area contributed by atoms with Crippen molar-refractivity contribution in [2.45, 2.75) is 116 Å². The minimum atomic E-state index is 0. The maximum Gasteiger partial charge on any atom is 0.260 e. The Morgan fingerprint density at radius 1 is 0.818 bits per heavy atom. The van der Waals surface area contributed by atoms with E-state index in [1.165, 1.54) is 103 Å². The summed E-state index contributed by atoms with van der Waals surface area (Å²) in [5, 5.41) is 0. The van der Waals surface area contributed by atoms with Crippen molar-refractivity contribution >= 4 is 5.91 Å². The molecular formula is C28H49IN2O2. The maximum atomic E-state index is 12.6. The van der Waals surface area contributed by atoms with Gasteiger partial charge in [-0.05, 0) is 12.5 Å². The highest BCUT2D eigenvalue weighted by Crippen LogP contribution is 2.14. The normalized spacial score (nSPS) is 13.7. The Kier molecular flexibility index (Phi) is 19.0. The van der Waals surface area contributed by atoms with Gasteiger partial charge < -0.3 is 33.6 Å². The number of morpholine rings is 1. The molecule has 0 aliphatic carbocycles. The predicted octanol–water partition coefficient (Wildman–Crippen LogP) is 3.71. The van der Waals surface area contributed by atoms with Crippen molar-refractivity contribution in [1.82, 2.24) is 4.90 Å². The van der Waals surface area contributed by atoms with E-state index in [9.17, 15) is 4.79 Å². The third-order valence-corrected chi connectivity index (χ3v) is 6.67. The first-order valence-corrected chi connectivity index (χ1v) is 13.7. The first-order valence-electron chi connectivity index (χ1n) is 13.7. The van der Waals surface area contributed by atoms with Crippen LogP contribution >= 0.6 is 0 Å². The second kappa shape index (κ2) is 20.7. The van der Waals surface area contributed by atoms with E-state index in [4.69, 9.17) is 4.74 Å². The minimum Gasteiger partial charge on any atom is -1.00 e. The fraction of sp³-hybridized carbons (Fsp3) is 0.786. The Hall–Kier alpha value is -0.690. The molecule has 0 bridgehead atoms. The number of ether oxygens (including phenoxy) is 1. The Morgan fingerprint density at radius 2 is 1.30 bits per heavy atom. The van der Waals surface area contributed by atoms with Gasteiger partial charge in [-0.2, -0.15) is 0 Å². The monoisotopic (exact) mass is 572 g/mol. The van der Waals surface area contributed by atoms with Crippen LogP contribution in [0.1, 0.15) is 120 Å².